The zero-order chi connectivity index (χ0) is 18.1. The van der Waals surface area contributed by atoms with Gasteiger partial charge in [0.25, 0.3) is 0 Å². The second kappa shape index (κ2) is 7.19. The van der Waals surface area contributed by atoms with Crippen LogP contribution < -0.4 is 5.32 Å². The van der Waals surface area contributed by atoms with Gasteiger partial charge in [-0.3, -0.25) is 4.98 Å². The summed E-state index contributed by atoms with van der Waals surface area (Å²) in [5, 5.41) is 12.1. The molecule has 2 saturated heterocycles. The van der Waals surface area contributed by atoms with Gasteiger partial charge in [-0.15, -0.1) is 5.10 Å². The van der Waals surface area contributed by atoms with Crippen LogP contribution in [0.4, 0.5) is 0 Å². The molecule has 0 aliphatic carbocycles. The Labute approximate surface area is 157 Å². The van der Waals surface area contributed by atoms with Gasteiger partial charge in [0.1, 0.15) is 23.9 Å². The Bertz CT molecular complexity index is 886. The fourth-order valence-electron chi connectivity index (χ4n) is 3.80. The Hall–Kier alpha value is -2.61. The summed E-state index contributed by atoms with van der Waals surface area (Å²) in [5.41, 5.74) is 2.83. The number of pyridine rings is 1. The Morgan fingerprint density at radius 1 is 0.963 bits per heavy atom. The molecule has 5 rings (SSSR count). The number of hydrogen-bond acceptors (Lipinski definition) is 6. The summed E-state index contributed by atoms with van der Waals surface area (Å²) in [5.74, 6) is 0. The number of rotatable bonds is 5. The highest BCUT2D eigenvalue weighted by Crippen LogP contribution is 2.34. The first kappa shape index (κ1) is 16.6. The lowest BCUT2D eigenvalue weighted by atomic mass is 10.1. The lowest BCUT2D eigenvalue weighted by Crippen LogP contribution is -2.40. The fourth-order valence-corrected chi connectivity index (χ4v) is 3.80. The van der Waals surface area contributed by atoms with E-state index in [1.54, 1.807) is 6.20 Å². The lowest BCUT2D eigenvalue weighted by Gasteiger charge is -2.17. The number of benzene rings is 1. The third-order valence-corrected chi connectivity index (χ3v) is 5.22. The van der Waals surface area contributed by atoms with Gasteiger partial charge in [0, 0.05) is 12.7 Å². The van der Waals surface area contributed by atoms with Crippen LogP contribution in [-0.4, -0.2) is 51.4 Å². The zero-order valence-corrected chi connectivity index (χ0v) is 14.8. The fraction of sp³-hybridized carbons (Fsp3) is 0.350. The van der Waals surface area contributed by atoms with Crippen molar-refractivity contribution in [3.05, 3.63) is 66.5 Å². The molecule has 0 spiro atoms. The van der Waals surface area contributed by atoms with Crippen molar-refractivity contribution >= 4 is 0 Å². The summed E-state index contributed by atoms with van der Waals surface area (Å²) in [6.07, 6.45) is 3.69. The van der Waals surface area contributed by atoms with E-state index in [1.165, 1.54) is 5.56 Å². The van der Waals surface area contributed by atoms with E-state index in [2.05, 4.69) is 44.9 Å². The van der Waals surface area contributed by atoms with Crippen LogP contribution in [0.5, 0.6) is 0 Å². The van der Waals surface area contributed by atoms with E-state index in [4.69, 9.17) is 9.47 Å². The van der Waals surface area contributed by atoms with Gasteiger partial charge in [0.2, 0.25) is 0 Å². The molecule has 1 N–H and O–H groups in total. The van der Waals surface area contributed by atoms with Crippen molar-refractivity contribution in [1.82, 2.24) is 25.3 Å². The summed E-state index contributed by atoms with van der Waals surface area (Å²) in [7, 11) is 0. The lowest BCUT2D eigenvalue weighted by molar-refractivity contribution is 0.0620. The minimum absolute atomic E-state index is 0.0171. The molecule has 0 bridgehead atoms. The maximum Gasteiger partial charge on any atom is 0.131 e. The van der Waals surface area contributed by atoms with Crippen molar-refractivity contribution in [2.45, 2.75) is 30.8 Å². The van der Waals surface area contributed by atoms with E-state index in [0.717, 1.165) is 17.9 Å². The summed E-state index contributed by atoms with van der Waals surface area (Å²) >= 11 is 0. The summed E-state index contributed by atoms with van der Waals surface area (Å²) in [6.45, 7) is 2.02. The minimum Gasteiger partial charge on any atom is -0.371 e. The average molecular weight is 363 g/mol. The van der Waals surface area contributed by atoms with E-state index >= 15 is 0 Å². The van der Waals surface area contributed by atoms with E-state index in [1.807, 2.05) is 35.1 Å². The van der Waals surface area contributed by atoms with Gasteiger partial charge in [-0.1, -0.05) is 41.6 Å². The first-order chi connectivity index (χ1) is 13.4. The third kappa shape index (κ3) is 3.25. The quantitative estimate of drug-likeness (QED) is 0.746. The molecule has 2 aliphatic heterocycles. The number of nitrogens with zero attached hydrogens (tertiary/aromatic N) is 4. The first-order valence-corrected chi connectivity index (χ1v) is 9.22. The molecule has 7 nitrogen and oxygen atoms in total. The van der Waals surface area contributed by atoms with Gasteiger partial charge in [0.15, 0.2) is 0 Å². The number of nitrogens with one attached hydrogen (secondary N) is 1. The Balaban J connectivity index is 1.26. The van der Waals surface area contributed by atoms with Crippen molar-refractivity contribution in [2.24, 2.45) is 0 Å². The minimum atomic E-state index is -0.0171. The van der Waals surface area contributed by atoms with E-state index in [9.17, 15) is 0 Å². The SMILES string of the molecule is c1ccc(CN[C@H]2CO[C@H]3[C@@H]2OC[C@@H]3n2cc(-c3ccccn3)nn2)cc1. The van der Waals surface area contributed by atoms with Crippen LogP contribution in [-0.2, 0) is 16.0 Å². The van der Waals surface area contributed by atoms with Crippen molar-refractivity contribution in [2.75, 3.05) is 13.2 Å². The van der Waals surface area contributed by atoms with Gasteiger partial charge >= 0.3 is 0 Å². The predicted molar refractivity (Wildman–Crippen MR) is 98.8 cm³/mol. The highest BCUT2D eigenvalue weighted by Gasteiger charge is 2.48. The van der Waals surface area contributed by atoms with Crippen molar-refractivity contribution < 1.29 is 9.47 Å². The maximum absolute atomic E-state index is 6.07. The van der Waals surface area contributed by atoms with E-state index in [0.29, 0.717) is 13.2 Å². The predicted octanol–water partition coefficient (Wildman–Crippen LogP) is 1.84. The molecule has 0 unspecified atom stereocenters. The van der Waals surface area contributed by atoms with Gasteiger partial charge in [0.05, 0.1) is 31.1 Å². The monoisotopic (exact) mass is 363 g/mol. The van der Waals surface area contributed by atoms with Crippen LogP contribution >= 0.6 is 0 Å². The number of aromatic nitrogens is 4. The summed E-state index contributed by atoms with van der Waals surface area (Å²) < 4.78 is 14.0. The van der Waals surface area contributed by atoms with Crippen LogP contribution in [0.15, 0.2) is 60.9 Å². The molecule has 0 radical (unpaired) electrons. The van der Waals surface area contributed by atoms with Crippen LogP contribution in [0.2, 0.25) is 0 Å². The summed E-state index contributed by atoms with van der Waals surface area (Å²) in [4.78, 5) is 4.33. The van der Waals surface area contributed by atoms with Gasteiger partial charge < -0.3 is 14.8 Å². The van der Waals surface area contributed by atoms with Gasteiger partial charge in [-0.05, 0) is 17.7 Å². The standard InChI is InChI=1S/C20H21N5O2/c1-2-6-14(7-3-1)10-22-17-12-26-20-18(13-27-19(17)20)25-11-16(23-24-25)15-8-4-5-9-21-15/h1-9,11,17-20,22H,10,12-13H2/t17-,18-,19+,20+/m0/s1. The van der Waals surface area contributed by atoms with Crippen LogP contribution in [0.1, 0.15) is 11.6 Å². The van der Waals surface area contributed by atoms with Gasteiger partial charge in [-0.2, -0.15) is 0 Å². The van der Waals surface area contributed by atoms with Crippen molar-refractivity contribution in [1.29, 1.82) is 0 Å². The van der Waals surface area contributed by atoms with Crippen LogP contribution in [0.3, 0.4) is 0 Å². The molecule has 27 heavy (non-hydrogen) atoms. The third-order valence-electron chi connectivity index (χ3n) is 5.22. The van der Waals surface area contributed by atoms with Crippen LogP contribution in [0, 0.1) is 0 Å². The van der Waals surface area contributed by atoms with E-state index < -0.39 is 0 Å². The molecule has 2 aromatic heterocycles. The molecule has 4 heterocycles. The molecule has 3 aromatic rings. The highest BCUT2D eigenvalue weighted by atomic mass is 16.6. The second-order valence-corrected chi connectivity index (χ2v) is 6.94. The number of hydrogen-bond donors (Lipinski definition) is 1. The Kier molecular flexibility index (Phi) is 4.41. The largest absolute Gasteiger partial charge is 0.371 e. The van der Waals surface area contributed by atoms with Gasteiger partial charge in [-0.25, -0.2) is 4.68 Å². The molecule has 138 valence electrons. The molecule has 0 saturated carbocycles. The number of ether oxygens (including phenoxy) is 2. The molecule has 1 aromatic carbocycles. The molecular formula is C20H21N5O2. The first-order valence-electron chi connectivity index (χ1n) is 9.22. The Morgan fingerprint density at radius 2 is 1.81 bits per heavy atom. The molecule has 2 fully saturated rings. The van der Waals surface area contributed by atoms with Crippen LogP contribution in [0.25, 0.3) is 11.4 Å². The highest BCUT2D eigenvalue weighted by molar-refractivity contribution is 5.51. The zero-order valence-electron chi connectivity index (χ0n) is 14.8. The smallest absolute Gasteiger partial charge is 0.131 e. The van der Waals surface area contributed by atoms with E-state index in [-0.39, 0.29) is 24.3 Å². The number of fused-ring (bicyclic) bond motifs is 1. The molecule has 0 amide bonds. The van der Waals surface area contributed by atoms with Crippen molar-refractivity contribution in [3.63, 3.8) is 0 Å². The molecule has 4 atom stereocenters. The summed E-state index contributed by atoms with van der Waals surface area (Å²) in [6, 6.07) is 16.3. The molecule has 2 aliphatic rings. The second-order valence-electron chi connectivity index (χ2n) is 6.94. The molecular weight excluding hydrogens is 342 g/mol. The normalized spacial score (nSPS) is 27.0. The topological polar surface area (TPSA) is 74.1 Å². The van der Waals surface area contributed by atoms with Crippen molar-refractivity contribution in [3.8, 4) is 11.4 Å². The average Bonchev–Trinajstić information content (AvgIpc) is 3.44. The maximum atomic E-state index is 6.07. The Morgan fingerprint density at radius 3 is 2.67 bits per heavy atom. The molecule has 7 heteroatoms.